The third-order valence-corrected chi connectivity index (χ3v) is 5.41. The van der Waals surface area contributed by atoms with Gasteiger partial charge in [-0.3, -0.25) is 0 Å². The first kappa shape index (κ1) is 13.1. The molecule has 2 N–H and O–H groups in total. The number of hydrogen-bond acceptors (Lipinski definition) is 2. The van der Waals surface area contributed by atoms with Crippen molar-refractivity contribution in [1.29, 1.82) is 0 Å². The summed E-state index contributed by atoms with van der Waals surface area (Å²) in [6.45, 7) is 0.198. The van der Waals surface area contributed by atoms with Crippen molar-refractivity contribution in [2.24, 2.45) is 0 Å². The van der Waals surface area contributed by atoms with Gasteiger partial charge in [-0.1, -0.05) is 36.4 Å². The van der Waals surface area contributed by atoms with Crippen LogP contribution in [0.1, 0.15) is 46.2 Å². The second-order valence-corrected chi connectivity index (χ2v) is 6.30. The fraction of sp³-hybridized carbons (Fsp3) is 0.368. The lowest BCUT2D eigenvalue weighted by molar-refractivity contribution is 0.275. The predicted octanol–water partition coefficient (Wildman–Crippen LogP) is 2.85. The molecule has 2 aliphatic carbocycles. The Hall–Kier alpha value is -1.64. The maximum atomic E-state index is 9.77. The lowest BCUT2D eigenvalue weighted by Gasteiger charge is -2.30. The van der Waals surface area contributed by atoms with Crippen molar-refractivity contribution in [3.8, 4) is 0 Å². The van der Waals surface area contributed by atoms with Gasteiger partial charge in [-0.2, -0.15) is 0 Å². The maximum Gasteiger partial charge on any atom is 0.0684 e. The van der Waals surface area contributed by atoms with Crippen molar-refractivity contribution in [3.63, 3.8) is 0 Å². The van der Waals surface area contributed by atoms with Crippen LogP contribution < -0.4 is 0 Å². The van der Waals surface area contributed by atoms with Crippen molar-refractivity contribution < 1.29 is 10.2 Å². The van der Waals surface area contributed by atoms with Crippen LogP contribution in [0.3, 0.4) is 0 Å². The van der Waals surface area contributed by atoms with Crippen LogP contribution in [0.4, 0.5) is 0 Å². The van der Waals surface area contributed by atoms with Crippen molar-refractivity contribution in [2.45, 2.75) is 44.3 Å². The largest absolute Gasteiger partial charge is 0.392 e. The van der Waals surface area contributed by atoms with Gasteiger partial charge in [0.05, 0.1) is 13.2 Å². The second-order valence-electron chi connectivity index (χ2n) is 6.30. The molecule has 0 saturated heterocycles. The molecule has 21 heavy (non-hydrogen) atoms. The molecule has 0 fully saturated rings. The molecular formula is C19H20O2. The summed E-state index contributed by atoms with van der Waals surface area (Å²) >= 11 is 0. The van der Waals surface area contributed by atoms with E-state index < -0.39 is 0 Å². The fourth-order valence-electron chi connectivity index (χ4n) is 4.66. The van der Waals surface area contributed by atoms with Gasteiger partial charge in [-0.05, 0) is 59.1 Å². The lowest BCUT2D eigenvalue weighted by Crippen LogP contribution is -2.24. The highest BCUT2D eigenvalue weighted by molar-refractivity contribution is 5.58. The van der Waals surface area contributed by atoms with Gasteiger partial charge in [0, 0.05) is 5.41 Å². The zero-order valence-corrected chi connectivity index (χ0v) is 12.1. The Kier molecular flexibility index (Phi) is 2.91. The summed E-state index contributed by atoms with van der Waals surface area (Å²) in [6, 6.07) is 12.6. The predicted molar refractivity (Wildman–Crippen MR) is 82.2 cm³/mol. The van der Waals surface area contributed by atoms with Crippen molar-refractivity contribution in [3.05, 3.63) is 69.8 Å². The minimum atomic E-state index is 0.0172. The molecular weight excluding hydrogens is 260 g/mol. The van der Waals surface area contributed by atoms with Gasteiger partial charge in [0.25, 0.3) is 0 Å². The number of rotatable bonds is 2. The Morgan fingerprint density at radius 1 is 0.762 bits per heavy atom. The molecule has 0 bridgehead atoms. The van der Waals surface area contributed by atoms with Gasteiger partial charge in [0.15, 0.2) is 0 Å². The number of aryl methyl sites for hydroxylation is 2. The molecule has 0 heterocycles. The van der Waals surface area contributed by atoms with E-state index in [0.717, 1.165) is 36.8 Å². The average molecular weight is 280 g/mol. The van der Waals surface area contributed by atoms with E-state index in [1.54, 1.807) is 0 Å². The van der Waals surface area contributed by atoms with Gasteiger partial charge in [0.1, 0.15) is 0 Å². The van der Waals surface area contributed by atoms with E-state index in [0.29, 0.717) is 0 Å². The summed E-state index contributed by atoms with van der Waals surface area (Å²) in [5.74, 6) is 0. The highest BCUT2D eigenvalue weighted by Gasteiger charge is 2.46. The number of benzene rings is 2. The summed E-state index contributed by atoms with van der Waals surface area (Å²) in [7, 11) is 0. The molecule has 2 heteroatoms. The number of aliphatic hydroxyl groups is 2. The summed E-state index contributed by atoms with van der Waals surface area (Å²) in [5, 5.41) is 19.5. The van der Waals surface area contributed by atoms with E-state index in [2.05, 4.69) is 24.3 Å². The quantitative estimate of drug-likeness (QED) is 0.888. The third kappa shape index (κ3) is 1.66. The van der Waals surface area contributed by atoms with Crippen LogP contribution in [0.2, 0.25) is 0 Å². The van der Waals surface area contributed by atoms with Gasteiger partial charge in [-0.25, -0.2) is 0 Å². The van der Waals surface area contributed by atoms with E-state index in [9.17, 15) is 10.2 Å². The fourth-order valence-corrected chi connectivity index (χ4v) is 4.66. The van der Waals surface area contributed by atoms with Crippen molar-refractivity contribution in [2.75, 3.05) is 0 Å². The number of hydrogen-bond donors (Lipinski definition) is 2. The lowest BCUT2D eigenvalue weighted by atomic mass is 9.73. The molecule has 0 unspecified atom stereocenters. The second kappa shape index (κ2) is 4.69. The smallest absolute Gasteiger partial charge is 0.0684 e. The standard InChI is InChI=1S/C19H20O2/c20-11-15-5-1-3-13-7-9-19(17(13)15)10-8-14-4-2-6-16(12-21)18(14)19/h1-6,20-21H,7-12H2. The van der Waals surface area contributed by atoms with Crippen LogP contribution >= 0.6 is 0 Å². The summed E-state index contributed by atoms with van der Waals surface area (Å²) in [6.07, 6.45) is 4.34. The molecule has 0 saturated carbocycles. The third-order valence-electron chi connectivity index (χ3n) is 5.41. The van der Waals surface area contributed by atoms with Crippen LogP contribution in [0.25, 0.3) is 0 Å². The Morgan fingerprint density at radius 2 is 1.24 bits per heavy atom. The SMILES string of the molecule is OCc1cccc2c1C1(CC2)CCc2cccc(CO)c21. The minimum Gasteiger partial charge on any atom is -0.392 e. The zero-order valence-electron chi connectivity index (χ0n) is 12.1. The number of fused-ring (bicyclic) bond motifs is 4. The molecule has 0 aromatic heterocycles. The molecule has 0 amide bonds. The van der Waals surface area contributed by atoms with Gasteiger partial charge in [0.2, 0.25) is 0 Å². The van der Waals surface area contributed by atoms with Crippen LogP contribution in [0.5, 0.6) is 0 Å². The van der Waals surface area contributed by atoms with Crippen LogP contribution in [0, 0.1) is 0 Å². The van der Waals surface area contributed by atoms with E-state index >= 15 is 0 Å². The highest BCUT2D eigenvalue weighted by atomic mass is 16.3. The molecule has 0 radical (unpaired) electrons. The van der Waals surface area contributed by atoms with Crippen LogP contribution in [-0.2, 0) is 31.5 Å². The molecule has 0 atom stereocenters. The molecule has 1 spiro atoms. The molecule has 4 rings (SSSR count). The zero-order chi connectivity index (χ0) is 14.4. The first-order valence-corrected chi connectivity index (χ1v) is 7.74. The van der Waals surface area contributed by atoms with E-state index in [1.165, 1.54) is 22.3 Å². The average Bonchev–Trinajstić information content (AvgIpc) is 3.10. The van der Waals surface area contributed by atoms with Crippen molar-refractivity contribution in [1.82, 2.24) is 0 Å². The monoisotopic (exact) mass is 280 g/mol. The maximum absolute atomic E-state index is 9.77. The molecule has 2 aliphatic rings. The first-order valence-electron chi connectivity index (χ1n) is 7.74. The first-order chi connectivity index (χ1) is 10.3. The number of aliphatic hydroxyl groups excluding tert-OH is 2. The summed E-state index contributed by atoms with van der Waals surface area (Å²) < 4.78 is 0. The van der Waals surface area contributed by atoms with Gasteiger partial charge in [-0.15, -0.1) is 0 Å². The topological polar surface area (TPSA) is 40.5 Å². The van der Waals surface area contributed by atoms with Crippen molar-refractivity contribution >= 4 is 0 Å². The van der Waals surface area contributed by atoms with E-state index in [1.807, 2.05) is 12.1 Å². The Bertz CT molecular complexity index is 641. The molecule has 2 nitrogen and oxygen atoms in total. The van der Waals surface area contributed by atoms with Crippen LogP contribution in [-0.4, -0.2) is 10.2 Å². The van der Waals surface area contributed by atoms with E-state index in [4.69, 9.17) is 0 Å². The molecule has 0 aliphatic heterocycles. The molecule has 108 valence electrons. The molecule has 2 aromatic rings. The molecule has 2 aromatic carbocycles. The minimum absolute atomic E-state index is 0.0172. The van der Waals surface area contributed by atoms with Crippen LogP contribution in [0.15, 0.2) is 36.4 Å². The van der Waals surface area contributed by atoms with E-state index in [-0.39, 0.29) is 18.6 Å². The Labute approximate surface area is 125 Å². The normalized spacial score (nSPS) is 18.0. The Balaban J connectivity index is 2.00. The summed E-state index contributed by atoms with van der Waals surface area (Å²) in [4.78, 5) is 0. The highest BCUT2D eigenvalue weighted by Crippen LogP contribution is 2.54. The van der Waals surface area contributed by atoms with Gasteiger partial charge >= 0.3 is 0 Å². The van der Waals surface area contributed by atoms with Gasteiger partial charge < -0.3 is 10.2 Å². The summed E-state index contributed by atoms with van der Waals surface area (Å²) in [5.41, 5.74) is 7.57. The Morgan fingerprint density at radius 3 is 1.67 bits per heavy atom.